The van der Waals surface area contributed by atoms with Crippen LogP contribution in [0.4, 0.5) is 0 Å². The molecule has 2 rings (SSSR count). The summed E-state index contributed by atoms with van der Waals surface area (Å²) in [6, 6.07) is -0.330. The van der Waals surface area contributed by atoms with Gasteiger partial charge < -0.3 is 14.9 Å². The minimum absolute atomic E-state index is 0.120. The number of carbonyl (C=O) groups excluding carboxylic acids is 1. The summed E-state index contributed by atoms with van der Waals surface area (Å²) in [6.45, 7) is 5.48. The molecule has 1 amide bonds. The quantitative estimate of drug-likeness (QED) is 0.700. The number of aromatic nitrogens is 3. The first-order valence-electron chi connectivity index (χ1n) is 8.22. The second kappa shape index (κ2) is 8.70. The van der Waals surface area contributed by atoms with Gasteiger partial charge in [-0.15, -0.1) is 11.3 Å². The van der Waals surface area contributed by atoms with Crippen molar-refractivity contribution in [3.63, 3.8) is 0 Å². The smallest absolute Gasteiger partial charge is 0.347 e. The summed E-state index contributed by atoms with van der Waals surface area (Å²) in [5.74, 6) is 0.127. The Labute approximate surface area is 149 Å². The fourth-order valence-electron chi connectivity index (χ4n) is 2.29. The minimum atomic E-state index is -0.998. The average Bonchev–Trinajstić information content (AvgIpc) is 3.14. The second-order valence-corrected chi connectivity index (χ2v) is 6.80. The van der Waals surface area contributed by atoms with Crippen molar-refractivity contribution in [1.29, 1.82) is 0 Å². The van der Waals surface area contributed by atoms with Gasteiger partial charge in [0.1, 0.15) is 9.88 Å². The van der Waals surface area contributed by atoms with E-state index in [2.05, 4.69) is 20.4 Å². The number of carbonyl (C=O) groups is 2. The predicted octanol–water partition coefficient (Wildman–Crippen LogP) is 2.69. The van der Waals surface area contributed by atoms with Crippen LogP contribution < -0.4 is 5.32 Å². The molecule has 9 heteroatoms. The normalized spacial score (nSPS) is 12.1. The molecular formula is C16H22N4O4S. The van der Waals surface area contributed by atoms with Crippen molar-refractivity contribution in [3.05, 3.63) is 27.3 Å². The Morgan fingerprint density at radius 2 is 2.08 bits per heavy atom. The number of rotatable bonds is 9. The molecule has 0 saturated heterocycles. The Balaban J connectivity index is 1.79. The van der Waals surface area contributed by atoms with Gasteiger partial charge in [-0.1, -0.05) is 12.1 Å². The van der Waals surface area contributed by atoms with Crippen LogP contribution in [-0.4, -0.2) is 32.1 Å². The topological polar surface area (TPSA) is 118 Å². The van der Waals surface area contributed by atoms with Crippen LogP contribution in [0.1, 0.15) is 71.2 Å². The van der Waals surface area contributed by atoms with E-state index in [1.807, 2.05) is 6.92 Å². The number of hydrogen-bond acceptors (Lipinski definition) is 7. The van der Waals surface area contributed by atoms with Crippen molar-refractivity contribution in [2.75, 3.05) is 0 Å². The number of nitrogens with one attached hydrogen (secondary N) is 1. The van der Waals surface area contributed by atoms with E-state index in [0.29, 0.717) is 41.7 Å². The number of amides is 1. The maximum Gasteiger partial charge on any atom is 0.347 e. The highest BCUT2D eigenvalue weighted by atomic mass is 32.1. The zero-order chi connectivity index (χ0) is 18.4. The fraction of sp³-hybridized carbons (Fsp3) is 0.562. The molecule has 0 aliphatic carbocycles. The molecule has 25 heavy (non-hydrogen) atoms. The van der Waals surface area contributed by atoms with Gasteiger partial charge in [0, 0.05) is 19.3 Å². The lowest BCUT2D eigenvalue weighted by atomic mass is 10.2. The molecule has 0 radical (unpaired) electrons. The molecule has 0 aliphatic heterocycles. The monoisotopic (exact) mass is 366 g/mol. The molecule has 2 N–H and O–H groups in total. The molecule has 136 valence electrons. The lowest BCUT2D eigenvalue weighted by Gasteiger charge is -2.10. The van der Waals surface area contributed by atoms with Crippen LogP contribution in [0.25, 0.3) is 0 Å². The molecule has 2 aromatic heterocycles. The SMILES string of the molecule is CCCc1noc(CCCC(=O)NC(C)c2nc(C)c(C(=O)O)s2)n1. The van der Waals surface area contributed by atoms with Crippen LogP contribution in [0.15, 0.2) is 4.52 Å². The highest BCUT2D eigenvalue weighted by Gasteiger charge is 2.19. The first kappa shape index (κ1) is 19.0. The van der Waals surface area contributed by atoms with E-state index < -0.39 is 5.97 Å². The van der Waals surface area contributed by atoms with E-state index in [-0.39, 0.29) is 16.8 Å². The maximum atomic E-state index is 12.0. The van der Waals surface area contributed by atoms with E-state index in [1.165, 1.54) is 0 Å². The summed E-state index contributed by atoms with van der Waals surface area (Å²) >= 11 is 1.09. The summed E-state index contributed by atoms with van der Waals surface area (Å²) in [5, 5.41) is 16.4. The molecule has 0 aliphatic rings. The number of aryl methyl sites for hydroxylation is 3. The zero-order valence-corrected chi connectivity index (χ0v) is 15.4. The summed E-state index contributed by atoms with van der Waals surface area (Å²) < 4.78 is 5.13. The molecule has 8 nitrogen and oxygen atoms in total. The highest BCUT2D eigenvalue weighted by molar-refractivity contribution is 7.13. The Kier molecular flexibility index (Phi) is 6.63. The number of carboxylic acids is 1. The van der Waals surface area contributed by atoms with Gasteiger partial charge in [-0.2, -0.15) is 4.98 Å². The van der Waals surface area contributed by atoms with Gasteiger partial charge in [0.2, 0.25) is 11.8 Å². The Morgan fingerprint density at radius 3 is 2.72 bits per heavy atom. The van der Waals surface area contributed by atoms with Gasteiger partial charge in [0.15, 0.2) is 5.82 Å². The Morgan fingerprint density at radius 1 is 1.32 bits per heavy atom. The van der Waals surface area contributed by atoms with Crippen molar-refractivity contribution in [1.82, 2.24) is 20.4 Å². The van der Waals surface area contributed by atoms with Gasteiger partial charge >= 0.3 is 5.97 Å². The van der Waals surface area contributed by atoms with Crippen LogP contribution in [0, 0.1) is 6.92 Å². The molecule has 1 unspecified atom stereocenters. The van der Waals surface area contributed by atoms with E-state index in [0.717, 1.165) is 24.2 Å². The second-order valence-electron chi connectivity index (χ2n) is 5.77. The predicted molar refractivity (Wildman–Crippen MR) is 91.6 cm³/mol. The largest absolute Gasteiger partial charge is 0.477 e. The lowest BCUT2D eigenvalue weighted by molar-refractivity contribution is -0.121. The van der Waals surface area contributed by atoms with Crippen LogP contribution >= 0.6 is 11.3 Å². The van der Waals surface area contributed by atoms with Crippen molar-refractivity contribution >= 4 is 23.2 Å². The highest BCUT2D eigenvalue weighted by Crippen LogP contribution is 2.23. The van der Waals surface area contributed by atoms with Gasteiger partial charge in [-0.05, 0) is 26.7 Å². The third-order valence-electron chi connectivity index (χ3n) is 3.53. The van der Waals surface area contributed by atoms with Gasteiger partial charge in [0.05, 0.1) is 11.7 Å². The van der Waals surface area contributed by atoms with E-state index >= 15 is 0 Å². The number of carboxylic acid groups (broad SMARTS) is 1. The Bertz CT molecular complexity index is 740. The van der Waals surface area contributed by atoms with Gasteiger partial charge in [0.25, 0.3) is 0 Å². The molecule has 2 heterocycles. The summed E-state index contributed by atoms with van der Waals surface area (Å²) in [7, 11) is 0. The van der Waals surface area contributed by atoms with Crippen molar-refractivity contribution in [3.8, 4) is 0 Å². The molecule has 0 bridgehead atoms. The standard InChI is InChI=1S/C16H22N4O4S/c1-4-6-11-19-13(24-20-11)8-5-7-12(21)17-10(3)15-18-9(2)14(25-15)16(22)23/h10H,4-8H2,1-3H3,(H,17,21)(H,22,23). The Hall–Kier alpha value is -2.29. The third-order valence-corrected chi connectivity index (χ3v) is 4.86. The van der Waals surface area contributed by atoms with Crippen molar-refractivity contribution in [2.24, 2.45) is 0 Å². The van der Waals surface area contributed by atoms with E-state index in [4.69, 9.17) is 9.63 Å². The summed E-state index contributed by atoms with van der Waals surface area (Å²) in [6.07, 6.45) is 3.22. The van der Waals surface area contributed by atoms with Crippen LogP contribution in [0.5, 0.6) is 0 Å². The van der Waals surface area contributed by atoms with Crippen molar-refractivity contribution in [2.45, 2.75) is 58.9 Å². The maximum absolute atomic E-state index is 12.0. The molecular weight excluding hydrogens is 344 g/mol. The van der Waals surface area contributed by atoms with Crippen molar-refractivity contribution < 1.29 is 19.2 Å². The number of hydrogen-bond donors (Lipinski definition) is 2. The summed E-state index contributed by atoms with van der Waals surface area (Å²) in [5.41, 5.74) is 0.466. The number of thiazole rings is 1. The van der Waals surface area contributed by atoms with Crippen LogP contribution in [0.2, 0.25) is 0 Å². The van der Waals surface area contributed by atoms with Crippen LogP contribution in [-0.2, 0) is 17.6 Å². The minimum Gasteiger partial charge on any atom is -0.477 e. The third kappa shape index (κ3) is 5.35. The van der Waals surface area contributed by atoms with Crippen LogP contribution in [0.3, 0.4) is 0 Å². The molecule has 0 spiro atoms. The first-order chi connectivity index (χ1) is 11.9. The lowest BCUT2D eigenvalue weighted by Crippen LogP contribution is -2.26. The number of aromatic carboxylic acids is 1. The molecule has 0 aromatic carbocycles. The van der Waals surface area contributed by atoms with Gasteiger partial charge in [-0.3, -0.25) is 4.79 Å². The molecule has 1 atom stereocenters. The fourth-order valence-corrected chi connectivity index (χ4v) is 3.20. The van der Waals surface area contributed by atoms with E-state index in [9.17, 15) is 9.59 Å². The zero-order valence-electron chi connectivity index (χ0n) is 14.5. The number of nitrogens with zero attached hydrogens (tertiary/aromatic N) is 3. The molecule has 2 aromatic rings. The van der Waals surface area contributed by atoms with Gasteiger partial charge in [-0.25, -0.2) is 9.78 Å². The first-order valence-corrected chi connectivity index (χ1v) is 9.03. The molecule has 0 saturated carbocycles. The molecule has 0 fully saturated rings. The average molecular weight is 366 g/mol. The van der Waals surface area contributed by atoms with E-state index in [1.54, 1.807) is 13.8 Å². The summed E-state index contributed by atoms with van der Waals surface area (Å²) in [4.78, 5) is 31.8.